The van der Waals surface area contributed by atoms with Crippen molar-refractivity contribution in [3.05, 3.63) is 97.2 Å². The molecule has 0 aromatic heterocycles. The number of Topliss-reactive ketones (excluding diaryl/α,β-unsaturated/α-hetero) is 4. The molecular formula is C92H122IN5O28S3. The second kappa shape index (κ2) is 49.0. The standard InChI is InChI=1S/C92H122IN5O28S3/c1-48(2)76(96-67(104)26-20-18-22-38-98-68(105)31-32-69(98)106)63(101)40-50(4)86(111)95-59-29-27-57(28-30-59)46-119-90(113)94-37-23-24-60(100)33-36-91(11,12)129-127-39-34-62-74-61(43-70(107)115-13)65(103)45-92(62,114)35-21-17-16-19-25-66(74)123-89-84(124-71-41-49(3)58(47-118-71)42-51(5)99)79(109)77(54(8)121-89)97-126-72-44-64(102)85(56(10)120-72)128-87(112)73-52(6)75(93)82(53(7)81(73)116-14)125-88-80(110)83(117-15)78(108)55(9)122-88/h16-17,27-32,34,48-50,54-56,58,64,66,71-72,76-80,83-85,88-89,97,102,108-110,114H,18,20,22-24,26,33,36-47H2,1-15H3,(H,94,113)(H,95,111)(H,96,104)/b17-16-,62-34+/t49?,50-,54?,55?,56?,58?,64?,66+,71?,72?,76+,77?,78?,79?,80?,83?,84?,85?,88?,89?,92+/m1/s1. The number of hydrogen-bond acceptors (Lipinski definition) is 32. The van der Waals surface area contributed by atoms with Gasteiger partial charge in [0.1, 0.15) is 66.3 Å². The number of hydroxylamine groups is 1. The van der Waals surface area contributed by atoms with Crippen LogP contribution in [-0.2, 0) is 97.2 Å². The van der Waals surface area contributed by atoms with Crippen LogP contribution in [0.1, 0.15) is 186 Å². The van der Waals surface area contributed by atoms with E-state index < -0.39 is 162 Å². The molecule has 2 bridgehead atoms. The van der Waals surface area contributed by atoms with Gasteiger partial charge in [-0.2, -0.15) is 5.48 Å². The molecule has 708 valence electrons. The molecule has 0 saturated carbocycles. The van der Waals surface area contributed by atoms with Crippen LogP contribution in [-0.4, -0.2) is 255 Å². The van der Waals surface area contributed by atoms with Crippen LogP contribution in [0.25, 0.3) is 0 Å². The largest absolute Gasteiger partial charge is 0.496 e. The first-order valence-corrected chi connectivity index (χ1v) is 47.7. The molecule has 5 amide bonds. The third-order valence-corrected chi connectivity index (χ3v) is 29.4. The van der Waals surface area contributed by atoms with Crippen LogP contribution < -0.4 is 30.9 Å². The Balaban J connectivity index is 0.783. The summed E-state index contributed by atoms with van der Waals surface area (Å²) >= 11 is 2.89. The van der Waals surface area contributed by atoms with Crippen LogP contribution in [0.5, 0.6) is 11.5 Å². The van der Waals surface area contributed by atoms with Gasteiger partial charge in [0, 0.05) is 122 Å². The summed E-state index contributed by atoms with van der Waals surface area (Å²) in [6, 6.07) is 4.67. The number of anilines is 1. The molecule has 5 heterocycles. The number of halogens is 1. The minimum atomic E-state index is -2.17. The quantitative estimate of drug-likeness (QED) is 0.00570. The lowest BCUT2D eigenvalue weighted by atomic mass is 9.72. The van der Waals surface area contributed by atoms with Crippen LogP contribution in [0.15, 0.2) is 71.4 Å². The Morgan fingerprint density at radius 2 is 1.50 bits per heavy atom. The number of carbonyl (C=O) groups is 11. The van der Waals surface area contributed by atoms with Crippen LogP contribution in [0.2, 0.25) is 0 Å². The molecular weight excluding hydrogens is 1850 g/mol. The highest BCUT2D eigenvalue weighted by Crippen LogP contribution is 2.47. The molecule has 21 atom stereocenters. The van der Waals surface area contributed by atoms with E-state index in [1.165, 1.54) is 74.1 Å². The molecule has 129 heavy (non-hydrogen) atoms. The molecule has 2 aromatic carbocycles. The summed E-state index contributed by atoms with van der Waals surface area (Å²) in [6.07, 6.45) is -8.57. The Morgan fingerprint density at radius 1 is 0.798 bits per heavy atom. The van der Waals surface area contributed by atoms with E-state index in [-0.39, 0.29) is 164 Å². The molecule has 2 aromatic rings. The van der Waals surface area contributed by atoms with Gasteiger partial charge in [0.15, 0.2) is 36.0 Å². The maximum absolute atomic E-state index is 14.6. The number of aliphatic hydroxyl groups is 5. The molecule has 7 aliphatic rings. The molecule has 17 unspecified atom stereocenters. The number of amides is 5. The van der Waals surface area contributed by atoms with Gasteiger partial charge in [-0.15, -0.1) is 0 Å². The average Bonchev–Trinajstić information content (AvgIpc) is 1.38. The zero-order valence-electron chi connectivity index (χ0n) is 75.4. The van der Waals surface area contributed by atoms with Gasteiger partial charge in [-0.05, 0) is 157 Å². The summed E-state index contributed by atoms with van der Waals surface area (Å²) < 4.78 is 66.8. The molecule has 2 aliphatic carbocycles. The smallest absolute Gasteiger partial charge is 0.407 e. The number of carbonyl (C=O) groups excluding carboxylic acids is 11. The number of aliphatic hydroxyl groups excluding tert-OH is 4. The summed E-state index contributed by atoms with van der Waals surface area (Å²) in [4.78, 5) is 151. The molecule has 37 heteroatoms. The van der Waals surface area contributed by atoms with Gasteiger partial charge >= 0.3 is 12.1 Å². The number of alkyl carbamates (subject to hydrolysis) is 1. The van der Waals surface area contributed by atoms with Crippen molar-refractivity contribution >= 4 is 126 Å². The van der Waals surface area contributed by atoms with Gasteiger partial charge in [0.25, 0.3) is 11.8 Å². The van der Waals surface area contributed by atoms with Gasteiger partial charge in [-0.3, -0.25) is 52.9 Å². The normalized spacial score (nSPS) is 28.5. The molecule has 0 spiro atoms. The highest BCUT2D eigenvalue weighted by molar-refractivity contribution is 14.1. The summed E-state index contributed by atoms with van der Waals surface area (Å²) in [6.45, 7) is 21.4. The lowest BCUT2D eigenvalue weighted by Gasteiger charge is -2.46. The Bertz CT molecular complexity index is 4600. The van der Waals surface area contributed by atoms with Crippen molar-refractivity contribution in [1.29, 1.82) is 0 Å². The minimum absolute atomic E-state index is 0.00309. The van der Waals surface area contributed by atoms with E-state index in [1.807, 2.05) is 43.4 Å². The van der Waals surface area contributed by atoms with E-state index in [2.05, 4.69) is 45.1 Å². The van der Waals surface area contributed by atoms with Gasteiger partial charge in [-0.1, -0.05) is 109 Å². The summed E-state index contributed by atoms with van der Waals surface area (Å²) in [5, 5.41) is 66.1. The molecule has 4 fully saturated rings. The van der Waals surface area contributed by atoms with Crippen LogP contribution in [0, 0.1) is 64.8 Å². The van der Waals surface area contributed by atoms with Crippen molar-refractivity contribution in [2.24, 2.45) is 23.7 Å². The van der Waals surface area contributed by atoms with Crippen LogP contribution in [0.3, 0.4) is 0 Å². The van der Waals surface area contributed by atoms with E-state index in [9.17, 15) is 78.3 Å². The summed E-state index contributed by atoms with van der Waals surface area (Å²) in [5.41, 5.74) is 2.92. The number of allylic oxidation sites excluding steroid dienone is 2. The first-order chi connectivity index (χ1) is 61.2. The number of nitrogens with one attached hydrogen (secondary N) is 4. The number of fused-ring (bicyclic) bond motifs is 2. The Labute approximate surface area is 778 Å². The van der Waals surface area contributed by atoms with E-state index >= 15 is 0 Å². The predicted molar refractivity (Wildman–Crippen MR) is 486 cm³/mol. The zero-order chi connectivity index (χ0) is 94.5. The van der Waals surface area contributed by atoms with Gasteiger partial charge in [-0.25, -0.2) is 4.79 Å². The number of benzene rings is 2. The number of thioether (sulfide) groups is 1. The highest BCUT2D eigenvalue weighted by Gasteiger charge is 2.52. The van der Waals surface area contributed by atoms with Crippen molar-refractivity contribution < 1.29 is 135 Å². The van der Waals surface area contributed by atoms with Crippen molar-refractivity contribution in [2.45, 2.75) is 293 Å². The average molecular weight is 1970 g/mol. The molecule has 9 rings (SSSR count). The third-order valence-electron chi connectivity index (χ3n) is 23.5. The first-order valence-electron chi connectivity index (χ1n) is 43.4. The van der Waals surface area contributed by atoms with Crippen LogP contribution >= 0.6 is 55.9 Å². The van der Waals surface area contributed by atoms with Crippen molar-refractivity contribution in [3.63, 3.8) is 0 Å². The van der Waals surface area contributed by atoms with E-state index in [0.717, 1.165) is 16.7 Å². The zero-order valence-corrected chi connectivity index (χ0v) is 80.0. The Hall–Kier alpha value is -7.49. The fraction of sp³-hybridized carbons (Fsp3) is 0.620. The Kier molecular flexibility index (Phi) is 39.9. The number of rotatable bonds is 43. The second-order valence-corrected chi connectivity index (χ2v) is 39.7. The SMILES string of the molecule is COC(=O)CC1=C2/C(=C\CSSC(C)(C)CCC(=O)CCCNC(=O)OCc3ccc(NC(=O)[C@H](C)CC(=O)[C@@H](NC(=O)CCCCCN4C(=O)C=CC4=O)C(C)C)cc3)[C@](O)(C#C/C=C\C#C[C@@H]2OC2OC(C)C(NOC3CC(O)C(SC(=O)c4c(C)c(I)c(OC5OC(C)C(O)C(OC)C5O)c(C)c4OC)C(C)O3)C(O)C2OC2CC(C)C(CC(C)=O)CO2)CC1=O. The fourth-order valence-electron chi connectivity index (χ4n) is 16.0. The van der Waals surface area contributed by atoms with Crippen molar-refractivity contribution in [2.75, 3.05) is 52.1 Å². The predicted octanol–water partition coefficient (Wildman–Crippen LogP) is 8.70. The monoisotopic (exact) mass is 1970 g/mol. The number of ether oxygens (including phenoxy) is 11. The molecule has 4 saturated heterocycles. The van der Waals surface area contributed by atoms with Gasteiger partial charge in [0.05, 0.1) is 84.6 Å². The number of unbranched alkanes of at least 4 members (excludes halogenated alkanes) is 2. The topological polar surface area (TPSA) is 451 Å². The lowest BCUT2D eigenvalue weighted by Crippen LogP contribution is -2.64. The Morgan fingerprint density at radius 3 is 2.17 bits per heavy atom. The van der Waals surface area contributed by atoms with Crippen molar-refractivity contribution in [3.8, 4) is 35.2 Å². The number of nitrogens with zero attached hydrogens (tertiary/aromatic N) is 1. The first kappa shape index (κ1) is 105. The number of esters is 1. The number of ketones is 4. The fourth-order valence-corrected chi connectivity index (χ4v) is 20.4. The number of hydrogen-bond donors (Lipinski definition) is 9. The maximum atomic E-state index is 14.6. The number of methoxy groups -OCH3 is 3. The maximum Gasteiger partial charge on any atom is 0.407 e. The highest BCUT2D eigenvalue weighted by atomic mass is 127. The molecule has 5 aliphatic heterocycles. The van der Waals surface area contributed by atoms with Gasteiger partial charge in [0.2, 0.25) is 23.2 Å². The number of imide groups is 1. The van der Waals surface area contributed by atoms with E-state index in [4.69, 9.17) is 56.9 Å². The van der Waals surface area contributed by atoms with Gasteiger partial charge < -0.3 is 98.4 Å². The van der Waals surface area contributed by atoms with Crippen LogP contribution in [0.4, 0.5) is 10.5 Å². The second-order valence-electron chi connectivity index (χ2n) is 34.4. The third kappa shape index (κ3) is 28.8. The van der Waals surface area contributed by atoms with E-state index in [0.29, 0.717) is 58.1 Å². The van der Waals surface area contributed by atoms with E-state index in [1.54, 1.807) is 85.7 Å². The van der Waals surface area contributed by atoms with Crippen molar-refractivity contribution in [1.82, 2.24) is 21.0 Å². The molecule has 0 radical (unpaired) electrons. The minimum Gasteiger partial charge on any atom is -0.496 e. The molecule has 9 N–H and O–H groups in total. The lowest BCUT2D eigenvalue weighted by molar-refractivity contribution is -0.335. The molecule has 33 nitrogen and oxygen atoms in total. The summed E-state index contributed by atoms with van der Waals surface area (Å²) in [7, 11) is 6.79. The summed E-state index contributed by atoms with van der Waals surface area (Å²) in [5.74, 6) is 7.86.